The number of aromatic nitrogens is 2. The molecule has 2 aromatic rings. The van der Waals surface area contributed by atoms with E-state index in [9.17, 15) is 0 Å². The van der Waals surface area contributed by atoms with Crippen molar-refractivity contribution < 1.29 is 0 Å². The Kier molecular flexibility index (Phi) is 4.85. The van der Waals surface area contributed by atoms with Crippen molar-refractivity contribution in [3.05, 3.63) is 35.1 Å². The van der Waals surface area contributed by atoms with Gasteiger partial charge in [-0.15, -0.1) is 0 Å². The number of hydrogen-bond acceptors (Lipinski definition) is 5. The first-order valence-corrected chi connectivity index (χ1v) is 7.29. The number of benzene rings is 1. The zero-order valence-corrected chi connectivity index (χ0v) is 13.2. The molecular weight excluding hydrogens is 286 g/mol. The van der Waals surface area contributed by atoms with Crippen molar-refractivity contribution in [3.8, 4) is 0 Å². The van der Waals surface area contributed by atoms with Crippen molar-refractivity contribution in [2.24, 2.45) is 0 Å². The molecule has 0 saturated carbocycles. The van der Waals surface area contributed by atoms with Crippen molar-refractivity contribution in [3.63, 3.8) is 0 Å². The maximum Gasteiger partial charge on any atom is 0.159 e. The normalized spacial score (nSPS) is 12.0. The van der Waals surface area contributed by atoms with E-state index in [1.54, 1.807) is 0 Å². The number of nitrogens with two attached hydrogens (primary N) is 1. The summed E-state index contributed by atoms with van der Waals surface area (Å²) in [7, 11) is 0. The van der Waals surface area contributed by atoms with Crippen LogP contribution < -0.4 is 16.4 Å². The van der Waals surface area contributed by atoms with Crippen LogP contribution in [0.4, 0.5) is 23.0 Å². The van der Waals surface area contributed by atoms with E-state index in [0.717, 1.165) is 17.7 Å². The maximum atomic E-state index is 6.14. The molecule has 2 rings (SSSR count). The minimum Gasteiger partial charge on any atom is -0.393 e. The summed E-state index contributed by atoms with van der Waals surface area (Å²) in [5, 5.41) is 7.14. The molecule has 4 N–H and O–H groups in total. The summed E-state index contributed by atoms with van der Waals surface area (Å²) in [4.78, 5) is 8.40. The van der Waals surface area contributed by atoms with Gasteiger partial charge in [-0.3, -0.25) is 0 Å². The number of nitrogens with zero attached hydrogens (tertiary/aromatic N) is 2. The molecule has 1 aromatic carbocycles. The predicted octanol–water partition coefficient (Wildman–Crippen LogP) is 3.97. The minimum absolute atomic E-state index is 0.294. The summed E-state index contributed by atoms with van der Waals surface area (Å²) in [6.45, 7) is 6.17. The third-order valence-corrected chi connectivity index (χ3v) is 3.57. The highest BCUT2D eigenvalue weighted by molar-refractivity contribution is 6.30. The van der Waals surface area contributed by atoms with Gasteiger partial charge in [0, 0.05) is 16.8 Å². The molecule has 21 heavy (non-hydrogen) atoms. The highest BCUT2D eigenvalue weighted by atomic mass is 35.5. The van der Waals surface area contributed by atoms with E-state index in [1.807, 2.05) is 25.1 Å². The summed E-state index contributed by atoms with van der Waals surface area (Å²) >= 11 is 6.03. The van der Waals surface area contributed by atoms with Crippen molar-refractivity contribution in [2.75, 3.05) is 16.4 Å². The van der Waals surface area contributed by atoms with Crippen LogP contribution in [0.2, 0.25) is 5.02 Å². The van der Waals surface area contributed by atoms with Crippen LogP contribution in [0.5, 0.6) is 0 Å². The van der Waals surface area contributed by atoms with E-state index in [1.165, 1.54) is 6.33 Å². The van der Waals surface area contributed by atoms with Crippen LogP contribution >= 0.6 is 11.6 Å². The van der Waals surface area contributed by atoms with Gasteiger partial charge < -0.3 is 16.4 Å². The van der Waals surface area contributed by atoms with Crippen LogP contribution in [-0.2, 0) is 0 Å². The van der Waals surface area contributed by atoms with Crippen LogP contribution in [0, 0.1) is 6.92 Å². The lowest BCUT2D eigenvalue weighted by atomic mass is 10.2. The Morgan fingerprint density at radius 2 is 2.00 bits per heavy atom. The number of aryl methyl sites for hydroxylation is 1. The van der Waals surface area contributed by atoms with Gasteiger partial charge >= 0.3 is 0 Å². The van der Waals surface area contributed by atoms with E-state index in [4.69, 9.17) is 17.3 Å². The Morgan fingerprint density at radius 1 is 1.29 bits per heavy atom. The third kappa shape index (κ3) is 3.76. The number of rotatable bonds is 5. The molecule has 0 radical (unpaired) electrons. The molecule has 6 heteroatoms. The lowest BCUT2D eigenvalue weighted by Gasteiger charge is -2.16. The molecule has 0 amide bonds. The SMILES string of the molecule is CCC(C)Nc1ncnc(Nc2cc(Cl)ccc2C)c1N. The van der Waals surface area contributed by atoms with Crippen molar-refractivity contribution in [2.45, 2.75) is 33.2 Å². The van der Waals surface area contributed by atoms with Gasteiger partial charge in [0.15, 0.2) is 11.6 Å². The molecule has 112 valence electrons. The standard InChI is InChI=1S/C15H20ClN5/c1-4-10(3)20-14-13(17)15(19-8-18-14)21-12-7-11(16)6-5-9(12)2/h5-8,10H,4,17H2,1-3H3,(H2,18,19,20,21). The molecule has 0 spiro atoms. The zero-order valence-electron chi connectivity index (χ0n) is 12.4. The smallest absolute Gasteiger partial charge is 0.159 e. The number of nitrogen functional groups attached to an aromatic ring is 1. The van der Waals surface area contributed by atoms with Gasteiger partial charge in [0.2, 0.25) is 0 Å². The second-order valence-corrected chi connectivity index (χ2v) is 5.46. The molecule has 0 aliphatic heterocycles. The van der Waals surface area contributed by atoms with Gasteiger partial charge in [0.05, 0.1) is 0 Å². The fourth-order valence-electron chi connectivity index (χ4n) is 1.80. The number of hydrogen-bond donors (Lipinski definition) is 3. The van der Waals surface area contributed by atoms with E-state index in [-0.39, 0.29) is 0 Å². The van der Waals surface area contributed by atoms with Gasteiger partial charge in [-0.05, 0) is 38.0 Å². The average Bonchev–Trinajstić information content (AvgIpc) is 2.46. The summed E-state index contributed by atoms with van der Waals surface area (Å²) in [6.07, 6.45) is 2.48. The monoisotopic (exact) mass is 305 g/mol. The van der Waals surface area contributed by atoms with Crippen molar-refractivity contribution >= 4 is 34.6 Å². The topological polar surface area (TPSA) is 75.9 Å². The zero-order chi connectivity index (χ0) is 15.4. The molecule has 0 bridgehead atoms. The van der Waals surface area contributed by atoms with Gasteiger partial charge in [-0.25, -0.2) is 9.97 Å². The second-order valence-electron chi connectivity index (χ2n) is 5.02. The van der Waals surface area contributed by atoms with E-state index in [0.29, 0.717) is 28.4 Å². The minimum atomic E-state index is 0.294. The van der Waals surface area contributed by atoms with Crippen LogP contribution in [0.25, 0.3) is 0 Å². The number of halogens is 1. The Labute approximate surface area is 129 Å². The lowest BCUT2D eigenvalue weighted by Crippen LogP contribution is -2.16. The summed E-state index contributed by atoms with van der Waals surface area (Å²) in [6, 6.07) is 5.94. The highest BCUT2D eigenvalue weighted by Gasteiger charge is 2.11. The molecule has 1 unspecified atom stereocenters. The Morgan fingerprint density at radius 3 is 2.71 bits per heavy atom. The molecular formula is C15H20ClN5. The maximum absolute atomic E-state index is 6.14. The van der Waals surface area contributed by atoms with Crippen molar-refractivity contribution in [1.29, 1.82) is 0 Å². The molecule has 5 nitrogen and oxygen atoms in total. The van der Waals surface area contributed by atoms with Crippen LogP contribution in [-0.4, -0.2) is 16.0 Å². The van der Waals surface area contributed by atoms with Gasteiger partial charge in [0.1, 0.15) is 12.0 Å². The van der Waals surface area contributed by atoms with Gasteiger partial charge in [-0.1, -0.05) is 24.6 Å². The summed E-state index contributed by atoms with van der Waals surface area (Å²) in [5.41, 5.74) is 8.58. The Hall–Kier alpha value is -2.01. The first-order chi connectivity index (χ1) is 10.0. The average molecular weight is 306 g/mol. The van der Waals surface area contributed by atoms with E-state index >= 15 is 0 Å². The molecule has 1 aromatic heterocycles. The highest BCUT2D eigenvalue weighted by Crippen LogP contribution is 2.29. The molecule has 0 saturated heterocycles. The third-order valence-electron chi connectivity index (χ3n) is 3.33. The van der Waals surface area contributed by atoms with Crippen LogP contribution in [0.3, 0.4) is 0 Å². The number of nitrogens with one attached hydrogen (secondary N) is 2. The van der Waals surface area contributed by atoms with E-state index < -0.39 is 0 Å². The van der Waals surface area contributed by atoms with Crippen molar-refractivity contribution in [1.82, 2.24) is 9.97 Å². The molecule has 1 atom stereocenters. The largest absolute Gasteiger partial charge is 0.393 e. The first kappa shape index (κ1) is 15.4. The first-order valence-electron chi connectivity index (χ1n) is 6.91. The van der Waals surface area contributed by atoms with Crippen LogP contribution in [0.15, 0.2) is 24.5 Å². The Balaban J connectivity index is 2.28. The molecule has 0 aliphatic rings. The fraction of sp³-hybridized carbons (Fsp3) is 0.333. The van der Waals surface area contributed by atoms with Gasteiger partial charge in [0.25, 0.3) is 0 Å². The lowest BCUT2D eigenvalue weighted by molar-refractivity contribution is 0.759. The predicted molar refractivity (Wildman–Crippen MR) is 89.3 cm³/mol. The summed E-state index contributed by atoms with van der Waals surface area (Å²) in [5.74, 6) is 1.21. The fourth-order valence-corrected chi connectivity index (χ4v) is 1.97. The molecule has 0 aliphatic carbocycles. The van der Waals surface area contributed by atoms with Gasteiger partial charge in [-0.2, -0.15) is 0 Å². The van der Waals surface area contributed by atoms with E-state index in [2.05, 4.69) is 34.4 Å². The number of anilines is 4. The Bertz CT molecular complexity index is 629. The van der Waals surface area contributed by atoms with Crippen LogP contribution in [0.1, 0.15) is 25.8 Å². The second kappa shape index (κ2) is 6.63. The quantitative estimate of drug-likeness (QED) is 0.779. The summed E-state index contributed by atoms with van der Waals surface area (Å²) < 4.78 is 0. The molecule has 1 heterocycles. The molecule has 0 fully saturated rings.